The Morgan fingerprint density at radius 3 is 1.24 bits per heavy atom. The zero-order chi connectivity index (χ0) is 41.7. The quantitative estimate of drug-likeness (QED) is 0.146. The fraction of sp³-hybridized carbons (Fsp3) is 0. The van der Waals surface area contributed by atoms with E-state index in [1.807, 2.05) is 6.07 Å². The van der Waals surface area contributed by atoms with Gasteiger partial charge >= 0.3 is 0 Å². The number of benzene rings is 11. The van der Waals surface area contributed by atoms with Crippen molar-refractivity contribution in [3.8, 4) is 78.1 Å². The monoisotopic (exact) mass is 800 g/mol. The molecule has 12 rings (SSSR count). The van der Waals surface area contributed by atoms with Gasteiger partial charge in [-0.05, 0) is 130 Å². The molecular weight excluding hydrogens is 761 g/mol. The van der Waals surface area contributed by atoms with Crippen LogP contribution in [0.4, 0.5) is 0 Å². The maximum atomic E-state index is 6.82. The summed E-state index contributed by atoms with van der Waals surface area (Å²) >= 11 is 0. The van der Waals surface area contributed by atoms with Gasteiger partial charge in [0.15, 0.2) is 0 Å². The van der Waals surface area contributed by atoms with Crippen LogP contribution in [0.3, 0.4) is 0 Å². The Bertz CT molecular complexity index is 3640. The molecule has 0 unspecified atom stereocenters. The molecule has 1 nitrogen and oxygen atoms in total. The summed E-state index contributed by atoms with van der Waals surface area (Å²) in [5, 5.41) is 8.46. The van der Waals surface area contributed by atoms with E-state index in [-0.39, 0.29) is 0 Å². The lowest BCUT2D eigenvalue weighted by Gasteiger charge is -2.20. The van der Waals surface area contributed by atoms with Gasteiger partial charge in [0.2, 0.25) is 0 Å². The van der Waals surface area contributed by atoms with E-state index in [1.165, 1.54) is 76.8 Å². The number of hydrogen-bond acceptors (Lipinski definition) is 1. The van der Waals surface area contributed by atoms with Crippen molar-refractivity contribution < 1.29 is 4.42 Å². The minimum absolute atomic E-state index is 0.868. The van der Waals surface area contributed by atoms with E-state index in [9.17, 15) is 0 Å². The van der Waals surface area contributed by atoms with Crippen LogP contribution in [0.1, 0.15) is 0 Å². The van der Waals surface area contributed by atoms with Crippen LogP contribution in [-0.2, 0) is 0 Å². The van der Waals surface area contributed by atoms with Crippen molar-refractivity contribution in [1.29, 1.82) is 0 Å². The molecule has 0 fully saturated rings. The lowest BCUT2D eigenvalue weighted by Crippen LogP contribution is -1.93. The fourth-order valence-electron chi connectivity index (χ4n) is 9.63. The topological polar surface area (TPSA) is 13.1 Å². The van der Waals surface area contributed by atoms with Crippen LogP contribution in [-0.4, -0.2) is 0 Å². The summed E-state index contributed by atoms with van der Waals surface area (Å²) in [6, 6.07) is 88.0. The van der Waals surface area contributed by atoms with Crippen LogP contribution in [0.5, 0.6) is 0 Å². The van der Waals surface area contributed by atoms with Crippen molar-refractivity contribution in [1.82, 2.24) is 0 Å². The highest BCUT2D eigenvalue weighted by molar-refractivity contribution is 6.23. The Balaban J connectivity index is 1.10. The van der Waals surface area contributed by atoms with Gasteiger partial charge in [0, 0.05) is 16.5 Å². The third kappa shape index (κ3) is 6.50. The van der Waals surface area contributed by atoms with Crippen LogP contribution in [0.15, 0.2) is 247 Å². The van der Waals surface area contributed by atoms with Crippen LogP contribution in [0.25, 0.3) is 121 Å². The fourth-order valence-corrected chi connectivity index (χ4v) is 9.63. The van der Waals surface area contributed by atoms with Gasteiger partial charge in [0.1, 0.15) is 11.3 Å². The molecule has 0 spiro atoms. The van der Waals surface area contributed by atoms with Crippen LogP contribution in [0, 0.1) is 0 Å². The van der Waals surface area contributed by atoms with Crippen molar-refractivity contribution in [2.75, 3.05) is 0 Å². The van der Waals surface area contributed by atoms with E-state index in [0.717, 1.165) is 44.5 Å². The Morgan fingerprint density at radius 1 is 0.206 bits per heavy atom. The highest BCUT2D eigenvalue weighted by Crippen LogP contribution is 2.48. The number of hydrogen-bond donors (Lipinski definition) is 0. The number of fused-ring (bicyclic) bond motifs is 4. The van der Waals surface area contributed by atoms with E-state index in [4.69, 9.17) is 4.42 Å². The molecule has 0 saturated heterocycles. The maximum Gasteiger partial charge on any atom is 0.143 e. The standard InChI is InChI=1S/C62H40O/c1-5-16-41(17-6-1)48-31-34-54-56(38-48)59(53-33-30-49(42-18-7-2-8-19-42)39-57(53)60(54)52-29-28-43-20-13-14-25-46(43)36-52)51-27-15-26-47(37-51)50-32-35-55-58(40-50)63-62(45-23-11-4-12-24-45)61(55)44-21-9-3-10-22-44/h1-40H. The van der Waals surface area contributed by atoms with E-state index in [0.29, 0.717) is 0 Å². The molecule has 0 aliphatic rings. The van der Waals surface area contributed by atoms with Gasteiger partial charge in [0.25, 0.3) is 0 Å². The summed E-state index contributed by atoms with van der Waals surface area (Å²) in [4.78, 5) is 0. The zero-order valence-corrected chi connectivity index (χ0v) is 34.5. The second kappa shape index (κ2) is 15.3. The minimum atomic E-state index is 0.868. The molecule has 1 heterocycles. The van der Waals surface area contributed by atoms with Gasteiger partial charge in [-0.25, -0.2) is 0 Å². The van der Waals surface area contributed by atoms with E-state index >= 15 is 0 Å². The van der Waals surface area contributed by atoms with Crippen molar-refractivity contribution in [3.05, 3.63) is 243 Å². The third-order valence-electron chi connectivity index (χ3n) is 12.6. The molecule has 1 heteroatoms. The van der Waals surface area contributed by atoms with E-state index in [1.54, 1.807) is 0 Å². The molecule has 0 saturated carbocycles. The maximum absolute atomic E-state index is 6.82. The van der Waals surface area contributed by atoms with Gasteiger partial charge in [-0.2, -0.15) is 0 Å². The van der Waals surface area contributed by atoms with Crippen molar-refractivity contribution >= 4 is 43.3 Å². The highest BCUT2D eigenvalue weighted by Gasteiger charge is 2.21. The third-order valence-corrected chi connectivity index (χ3v) is 12.6. The SMILES string of the molecule is c1ccc(-c2ccc3c(-c4ccc5ccccc5c4)c4cc(-c5ccccc5)ccc4c(-c4cccc(-c5ccc6c(-c7ccccc7)c(-c7ccccc7)oc6c5)c4)c3c2)cc1. The number of furan rings is 1. The molecule has 294 valence electrons. The Labute approximate surface area is 366 Å². The molecule has 0 N–H and O–H groups in total. The average molecular weight is 801 g/mol. The van der Waals surface area contributed by atoms with E-state index in [2.05, 4.69) is 237 Å². The van der Waals surface area contributed by atoms with Gasteiger partial charge in [-0.1, -0.05) is 206 Å². The van der Waals surface area contributed by atoms with Crippen molar-refractivity contribution in [2.24, 2.45) is 0 Å². The summed E-state index contributed by atoms with van der Waals surface area (Å²) in [7, 11) is 0. The highest BCUT2D eigenvalue weighted by atomic mass is 16.3. The molecular formula is C62H40O. The largest absolute Gasteiger partial charge is 0.455 e. The lowest BCUT2D eigenvalue weighted by molar-refractivity contribution is 0.632. The first kappa shape index (κ1) is 36.6. The minimum Gasteiger partial charge on any atom is -0.455 e. The van der Waals surface area contributed by atoms with Crippen LogP contribution >= 0.6 is 0 Å². The summed E-state index contributed by atoms with van der Waals surface area (Å²) in [6.45, 7) is 0. The lowest BCUT2D eigenvalue weighted by atomic mass is 9.83. The molecule has 0 aliphatic carbocycles. The first-order chi connectivity index (χ1) is 31.2. The normalized spacial score (nSPS) is 11.5. The van der Waals surface area contributed by atoms with Crippen molar-refractivity contribution in [2.45, 2.75) is 0 Å². The predicted octanol–water partition coefficient (Wildman–Crippen LogP) is 17.6. The summed E-state index contributed by atoms with van der Waals surface area (Å²) in [5.41, 5.74) is 16.1. The first-order valence-electron chi connectivity index (χ1n) is 21.7. The predicted molar refractivity (Wildman–Crippen MR) is 267 cm³/mol. The molecule has 0 radical (unpaired) electrons. The second-order valence-electron chi connectivity index (χ2n) is 16.4. The molecule has 63 heavy (non-hydrogen) atoms. The van der Waals surface area contributed by atoms with E-state index < -0.39 is 0 Å². The average Bonchev–Trinajstić information content (AvgIpc) is 3.75. The van der Waals surface area contributed by atoms with Gasteiger partial charge < -0.3 is 4.42 Å². The van der Waals surface area contributed by atoms with Crippen LogP contribution in [0.2, 0.25) is 0 Å². The molecule has 0 amide bonds. The summed E-state index contributed by atoms with van der Waals surface area (Å²) < 4.78 is 6.82. The van der Waals surface area contributed by atoms with Gasteiger partial charge in [-0.3, -0.25) is 0 Å². The molecule has 0 atom stereocenters. The van der Waals surface area contributed by atoms with Crippen LogP contribution < -0.4 is 0 Å². The number of rotatable bonds is 7. The smallest absolute Gasteiger partial charge is 0.143 e. The first-order valence-corrected chi connectivity index (χ1v) is 21.7. The molecule has 11 aromatic carbocycles. The Morgan fingerprint density at radius 2 is 0.635 bits per heavy atom. The molecule has 12 aromatic rings. The Hall–Kier alpha value is -8.26. The molecule has 0 bridgehead atoms. The van der Waals surface area contributed by atoms with Gasteiger partial charge in [-0.15, -0.1) is 0 Å². The second-order valence-corrected chi connectivity index (χ2v) is 16.4. The molecule has 0 aliphatic heterocycles. The zero-order valence-electron chi connectivity index (χ0n) is 34.5. The summed E-state index contributed by atoms with van der Waals surface area (Å²) in [5.74, 6) is 0.885. The van der Waals surface area contributed by atoms with Crippen molar-refractivity contribution in [3.63, 3.8) is 0 Å². The Kier molecular flexibility index (Phi) is 8.90. The summed E-state index contributed by atoms with van der Waals surface area (Å²) in [6.07, 6.45) is 0. The van der Waals surface area contributed by atoms with Gasteiger partial charge in [0.05, 0.1) is 0 Å². The molecule has 1 aromatic heterocycles.